The van der Waals surface area contributed by atoms with Gasteiger partial charge < -0.3 is 25.0 Å². The fourth-order valence-electron chi connectivity index (χ4n) is 4.94. The molecule has 1 saturated heterocycles. The Morgan fingerprint density at radius 3 is 2.68 bits per heavy atom. The Hall–Kier alpha value is -1.89. The van der Waals surface area contributed by atoms with Crippen LogP contribution in [0.25, 0.3) is 20.8 Å². The lowest BCUT2D eigenvalue weighted by atomic mass is 9.98. The Bertz CT molecular complexity index is 1220. The summed E-state index contributed by atoms with van der Waals surface area (Å²) < 4.78 is 13.4. The lowest BCUT2D eigenvalue weighted by molar-refractivity contribution is -0.162. The molecule has 5 rings (SSSR count). The molecule has 11 heteroatoms. The number of hydrogen-bond acceptors (Lipinski definition) is 11. The van der Waals surface area contributed by atoms with Crippen molar-refractivity contribution in [2.75, 3.05) is 18.2 Å². The zero-order valence-electron chi connectivity index (χ0n) is 19.8. The molecule has 4 heterocycles. The molecule has 1 saturated carbocycles. The van der Waals surface area contributed by atoms with Gasteiger partial charge in [0.1, 0.15) is 22.4 Å². The second kappa shape index (κ2) is 8.96. The first-order chi connectivity index (χ1) is 16.2. The van der Waals surface area contributed by atoms with Gasteiger partial charge in [0.2, 0.25) is 0 Å². The molecule has 0 radical (unpaired) electrons. The maximum atomic E-state index is 10.5. The third-order valence-corrected chi connectivity index (χ3v) is 8.05. The SMILES string of the molecule is CSc1nc(C)c(-c2nc3c(C)nccc3s2)c(N[C@@H]2C[C@H](C(O)CO)[C@H]3OC(C)(C)O[C@H]32)n1. The number of rotatable bonds is 6. The van der Waals surface area contributed by atoms with Crippen molar-refractivity contribution < 1.29 is 19.7 Å². The molecule has 2 fully saturated rings. The van der Waals surface area contributed by atoms with Crippen molar-refractivity contribution >= 4 is 39.1 Å². The topological polar surface area (TPSA) is 123 Å². The number of hydrogen-bond donors (Lipinski definition) is 3. The van der Waals surface area contributed by atoms with Crippen molar-refractivity contribution in [1.82, 2.24) is 19.9 Å². The van der Waals surface area contributed by atoms with Gasteiger partial charge in [0.15, 0.2) is 10.9 Å². The fraction of sp³-hybridized carbons (Fsp3) is 0.565. The van der Waals surface area contributed by atoms with Gasteiger partial charge in [-0.1, -0.05) is 11.8 Å². The number of thiazole rings is 1. The highest BCUT2D eigenvalue weighted by Gasteiger charge is 2.55. The third-order valence-electron chi connectivity index (χ3n) is 6.47. The van der Waals surface area contributed by atoms with Gasteiger partial charge in [-0.2, -0.15) is 0 Å². The van der Waals surface area contributed by atoms with Gasteiger partial charge in [-0.05, 0) is 46.4 Å². The van der Waals surface area contributed by atoms with Crippen LogP contribution in [-0.2, 0) is 9.47 Å². The number of nitrogens with one attached hydrogen (secondary N) is 1. The predicted octanol–water partition coefficient (Wildman–Crippen LogP) is 3.16. The minimum absolute atomic E-state index is 0.168. The summed E-state index contributed by atoms with van der Waals surface area (Å²) in [5, 5.41) is 25.1. The molecule has 9 nitrogen and oxygen atoms in total. The van der Waals surface area contributed by atoms with E-state index < -0.39 is 11.9 Å². The van der Waals surface area contributed by atoms with Crippen LogP contribution >= 0.6 is 23.1 Å². The van der Waals surface area contributed by atoms with Gasteiger partial charge in [0.05, 0.1) is 46.5 Å². The third kappa shape index (κ3) is 4.18. The largest absolute Gasteiger partial charge is 0.394 e. The number of aromatic nitrogens is 4. The van der Waals surface area contributed by atoms with E-state index in [4.69, 9.17) is 19.4 Å². The molecule has 1 unspecified atom stereocenters. The normalized spacial score (nSPS) is 26.7. The van der Waals surface area contributed by atoms with Crippen molar-refractivity contribution in [3.05, 3.63) is 23.7 Å². The van der Waals surface area contributed by atoms with E-state index in [0.717, 1.165) is 32.2 Å². The number of thioether (sulfide) groups is 1. The molecule has 34 heavy (non-hydrogen) atoms. The number of fused-ring (bicyclic) bond motifs is 2. The second-order valence-corrected chi connectivity index (χ2v) is 11.1. The van der Waals surface area contributed by atoms with Crippen LogP contribution < -0.4 is 5.32 Å². The molecule has 0 amide bonds. The minimum atomic E-state index is -0.884. The van der Waals surface area contributed by atoms with Crippen LogP contribution in [0.1, 0.15) is 31.7 Å². The van der Waals surface area contributed by atoms with Gasteiger partial charge in [0, 0.05) is 12.1 Å². The van der Waals surface area contributed by atoms with Crippen LogP contribution in [0.4, 0.5) is 5.82 Å². The first-order valence-electron chi connectivity index (χ1n) is 11.3. The number of aliphatic hydroxyl groups excluding tert-OH is 2. The zero-order valence-corrected chi connectivity index (χ0v) is 21.4. The first-order valence-corrected chi connectivity index (χ1v) is 13.3. The quantitative estimate of drug-likeness (QED) is 0.341. The first kappa shape index (κ1) is 23.8. The van der Waals surface area contributed by atoms with E-state index in [1.807, 2.05) is 40.0 Å². The van der Waals surface area contributed by atoms with Crippen LogP contribution in [0.5, 0.6) is 0 Å². The summed E-state index contributed by atoms with van der Waals surface area (Å²) in [6.45, 7) is 7.34. The summed E-state index contributed by atoms with van der Waals surface area (Å²) in [5.74, 6) is -0.343. The molecule has 0 aromatic carbocycles. The molecular weight excluding hydrogens is 474 g/mol. The second-order valence-electron chi connectivity index (χ2n) is 9.25. The van der Waals surface area contributed by atoms with E-state index in [-0.39, 0.29) is 30.8 Å². The lowest BCUT2D eigenvalue weighted by Gasteiger charge is -2.26. The number of aryl methyl sites for hydroxylation is 2. The Morgan fingerprint density at radius 2 is 1.97 bits per heavy atom. The molecule has 3 aromatic rings. The van der Waals surface area contributed by atoms with Crippen molar-refractivity contribution in [3.8, 4) is 10.6 Å². The average molecular weight is 504 g/mol. The highest BCUT2D eigenvalue weighted by Crippen LogP contribution is 2.45. The minimum Gasteiger partial charge on any atom is -0.394 e. The van der Waals surface area contributed by atoms with Crippen LogP contribution in [0.3, 0.4) is 0 Å². The van der Waals surface area contributed by atoms with Gasteiger partial charge in [-0.15, -0.1) is 11.3 Å². The summed E-state index contributed by atoms with van der Waals surface area (Å²) in [6, 6.07) is 1.80. The van der Waals surface area contributed by atoms with E-state index >= 15 is 0 Å². The summed E-state index contributed by atoms with van der Waals surface area (Å²) >= 11 is 3.06. The maximum absolute atomic E-state index is 10.5. The molecule has 0 bridgehead atoms. The van der Waals surface area contributed by atoms with Gasteiger partial charge >= 0.3 is 0 Å². The Morgan fingerprint density at radius 1 is 1.21 bits per heavy atom. The molecule has 5 atom stereocenters. The number of pyridine rings is 1. The van der Waals surface area contributed by atoms with Crippen LogP contribution in [-0.4, -0.2) is 73.2 Å². The Balaban J connectivity index is 1.55. The number of nitrogens with zero attached hydrogens (tertiary/aromatic N) is 4. The molecule has 1 aliphatic heterocycles. The van der Waals surface area contributed by atoms with E-state index in [9.17, 15) is 10.2 Å². The Labute approximate surface area is 206 Å². The standard InChI is InChI=1S/C23H29N5O4S2/c1-10-16(21-27-17-11(2)24-7-6-15(17)34-21)20(28-22(25-10)33-5)26-13-8-12(14(30)9-29)18-19(13)32-23(3,4)31-18/h6-7,12-14,18-19,29-30H,8-9H2,1-5H3,(H,25,26,28)/t12-,13-,14?,18-,19+/m1/s1. The van der Waals surface area contributed by atoms with E-state index in [2.05, 4.69) is 15.3 Å². The molecule has 2 aliphatic rings. The van der Waals surface area contributed by atoms with Crippen molar-refractivity contribution in [2.45, 2.75) is 69.4 Å². The summed E-state index contributed by atoms with van der Waals surface area (Å²) in [6.07, 6.45) is 2.82. The van der Waals surface area contributed by atoms with Crippen molar-refractivity contribution in [3.63, 3.8) is 0 Å². The van der Waals surface area contributed by atoms with Gasteiger partial charge in [0.25, 0.3) is 0 Å². The predicted molar refractivity (Wildman–Crippen MR) is 132 cm³/mol. The summed E-state index contributed by atoms with van der Waals surface area (Å²) in [5.41, 5.74) is 3.44. The molecule has 3 aromatic heterocycles. The van der Waals surface area contributed by atoms with Crippen molar-refractivity contribution in [1.29, 1.82) is 0 Å². The molecular formula is C23H29N5O4S2. The number of aliphatic hydroxyl groups is 2. The van der Waals surface area contributed by atoms with Gasteiger partial charge in [-0.25, -0.2) is 15.0 Å². The fourth-order valence-corrected chi connectivity index (χ4v) is 6.46. The van der Waals surface area contributed by atoms with Crippen LogP contribution in [0.2, 0.25) is 0 Å². The lowest BCUT2D eigenvalue weighted by Crippen LogP contribution is -2.35. The number of ether oxygens (including phenoxy) is 2. The van der Waals surface area contributed by atoms with E-state index in [0.29, 0.717) is 17.4 Å². The molecule has 3 N–H and O–H groups in total. The highest BCUT2D eigenvalue weighted by molar-refractivity contribution is 7.98. The summed E-state index contributed by atoms with van der Waals surface area (Å²) in [4.78, 5) is 18.7. The number of anilines is 1. The zero-order chi connectivity index (χ0) is 24.2. The smallest absolute Gasteiger partial charge is 0.189 e. The van der Waals surface area contributed by atoms with Gasteiger partial charge in [-0.3, -0.25) is 4.98 Å². The summed E-state index contributed by atoms with van der Waals surface area (Å²) in [7, 11) is 0. The molecule has 0 spiro atoms. The molecule has 1 aliphatic carbocycles. The maximum Gasteiger partial charge on any atom is 0.189 e. The Kier molecular flexibility index (Phi) is 6.28. The van der Waals surface area contributed by atoms with Crippen LogP contribution in [0, 0.1) is 19.8 Å². The van der Waals surface area contributed by atoms with E-state index in [1.165, 1.54) is 11.8 Å². The van der Waals surface area contributed by atoms with E-state index in [1.54, 1.807) is 17.5 Å². The highest BCUT2D eigenvalue weighted by atomic mass is 32.2. The van der Waals surface area contributed by atoms with Crippen molar-refractivity contribution in [2.24, 2.45) is 5.92 Å². The monoisotopic (exact) mass is 503 g/mol. The average Bonchev–Trinajstić information content (AvgIpc) is 3.45. The molecule has 182 valence electrons. The van der Waals surface area contributed by atoms with Crippen LogP contribution in [0.15, 0.2) is 17.4 Å².